The van der Waals surface area contributed by atoms with Gasteiger partial charge in [-0.05, 0) is 54.5 Å². The van der Waals surface area contributed by atoms with Gasteiger partial charge < -0.3 is 5.32 Å². The van der Waals surface area contributed by atoms with Crippen molar-refractivity contribution < 1.29 is 4.39 Å². The summed E-state index contributed by atoms with van der Waals surface area (Å²) >= 11 is 9.55. The van der Waals surface area contributed by atoms with Crippen molar-refractivity contribution in [1.29, 1.82) is 0 Å². The van der Waals surface area contributed by atoms with Crippen LogP contribution in [0, 0.1) is 5.82 Å². The Morgan fingerprint density at radius 3 is 2.76 bits per heavy atom. The SMILES string of the molecule is CCNC(c1cc(Cl)ccc1F)c1c(Br)cnn1C(C)C. The number of rotatable bonds is 5. The van der Waals surface area contributed by atoms with E-state index in [-0.39, 0.29) is 17.9 Å². The first-order valence-electron chi connectivity index (χ1n) is 6.87. The first-order valence-corrected chi connectivity index (χ1v) is 8.04. The summed E-state index contributed by atoms with van der Waals surface area (Å²) < 4.78 is 17.0. The zero-order chi connectivity index (χ0) is 15.6. The molecular formula is C15H18BrClFN3. The van der Waals surface area contributed by atoms with Crippen LogP contribution in [-0.4, -0.2) is 16.3 Å². The molecule has 0 saturated heterocycles. The van der Waals surface area contributed by atoms with E-state index in [9.17, 15) is 4.39 Å². The summed E-state index contributed by atoms with van der Waals surface area (Å²) in [5, 5.41) is 8.20. The minimum Gasteiger partial charge on any atom is -0.305 e. The molecule has 0 spiro atoms. The second kappa shape index (κ2) is 6.90. The molecule has 0 aliphatic heterocycles. The molecule has 1 N–H and O–H groups in total. The van der Waals surface area contributed by atoms with Crippen LogP contribution in [0.3, 0.4) is 0 Å². The molecule has 1 atom stereocenters. The molecule has 2 aromatic rings. The lowest BCUT2D eigenvalue weighted by atomic mass is 10.0. The summed E-state index contributed by atoms with van der Waals surface area (Å²) in [5.74, 6) is -0.284. The Kier molecular flexibility index (Phi) is 5.41. The normalized spacial score (nSPS) is 12.9. The zero-order valence-electron chi connectivity index (χ0n) is 12.2. The highest BCUT2D eigenvalue weighted by molar-refractivity contribution is 9.10. The molecule has 1 unspecified atom stereocenters. The molecule has 0 aliphatic rings. The van der Waals surface area contributed by atoms with Gasteiger partial charge in [0.25, 0.3) is 0 Å². The van der Waals surface area contributed by atoms with Crippen molar-refractivity contribution in [3.05, 3.63) is 51.0 Å². The summed E-state index contributed by atoms with van der Waals surface area (Å²) in [6, 6.07) is 4.47. The number of benzene rings is 1. The predicted octanol–water partition coefficient (Wildman–Crippen LogP) is 4.72. The van der Waals surface area contributed by atoms with Crippen LogP contribution in [0.5, 0.6) is 0 Å². The van der Waals surface area contributed by atoms with Gasteiger partial charge in [0.15, 0.2) is 0 Å². The molecule has 1 aromatic carbocycles. The first-order chi connectivity index (χ1) is 9.95. The molecule has 1 heterocycles. The summed E-state index contributed by atoms with van der Waals surface area (Å²) in [4.78, 5) is 0. The van der Waals surface area contributed by atoms with E-state index in [2.05, 4.69) is 26.3 Å². The summed E-state index contributed by atoms with van der Waals surface area (Å²) in [5.41, 5.74) is 1.42. The maximum absolute atomic E-state index is 14.3. The van der Waals surface area contributed by atoms with Crippen molar-refractivity contribution in [3.63, 3.8) is 0 Å². The minimum atomic E-state index is -0.312. The summed E-state index contributed by atoms with van der Waals surface area (Å²) in [6.45, 7) is 6.77. The highest BCUT2D eigenvalue weighted by Crippen LogP contribution is 2.32. The molecule has 6 heteroatoms. The fourth-order valence-corrected chi connectivity index (χ4v) is 3.01. The number of nitrogens with one attached hydrogen (secondary N) is 1. The lowest BCUT2D eigenvalue weighted by molar-refractivity contribution is 0.466. The fourth-order valence-electron chi connectivity index (χ4n) is 2.33. The average molecular weight is 375 g/mol. The zero-order valence-corrected chi connectivity index (χ0v) is 14.5. The molecule has 0 amide bonds. The van der Waals surface area contributed by atoms with E-state index >= 15 is 0 Å². The molecule has 3 nitrogen and oxygen atoms in total. The Bertz CT molecular complexity index is 627. The molecule has 1 aromatic heterocycles. The highest BCUT2D eigenvalue weighted by atomic mass is 79.9. The van der Waals surface area contributed by atoms with Gasteiger partial charge in [0.1, 0.15) is 5.82 Å². The van der Waals surface area contributed by atoms with E-state index in [0.29, 0.717) is 17.1 Å². The first kappa shape index (κ1) is 16.5. The Morgan fingerprint density at radius 1 is 1.43 bits per heavy atom. The third-order valence-electron chi connectivity index (χ3n) is 3.23. The Labute approximate surface area is 137 Å². The molecule has 0 bridgehead atoms. The van der Waals surface area contributed by atoms with Crippen LogP contribution < -0.4 is 5.32 Å². The Morgan fingerprint density at radius 2 is 2.14 bits per heavy atom. The van der Waals surface area contributed by atoms with E-state index in [4.69, 9.17) is 11.6 Å². The highest BCUT2D eigenvalue weighted by Gasteiger charge is 2.25. The van der Waals surface area contributed by atoms with Gasteiger partial charge in [0.05, 0.1) is 22.4 Å². The Balaban J connectivity index is 2.59. The standard InChI is InChI=1S/C15H18BrClFN3/c1-4-19-14(11-7-10(17)5-6-13(11)18)15-12(16)8-20-21(15)9(2)3/h5-9,14,19H,4H2,1-3H3. The van der Waals surface area contributed by atoms with E-state index in [1.54, 1.807) is 18.3 Å². The fraction of sp³-hybridized carbons (Fsp3) is 0.400. The number of halogens is 3. The van der Waals surface area contributed by atoms with Gasteiger partial charge in [0.2, 0.25) is 0 Å². The average Bonchev–Trinajstić information content (AvgIpc) is 2.81. The number of aromatic nitrogens is 2. The number of nitrogens with zero attached hydrogens (tertiary/aromatic N) is 2. The third-order valence-corrected chi connectivity index (χ3v) is 4.07. The van der Waals surface area contributed by atoms with Crippen molar-refractivity contribution >= 4 is 27.5 Å². The van der Waals surface area contributed by atoms with Gasteiger partial charge in [-0.15, -0.1) is 0 Å². The van der Waals surface area contributed by atoms with Gasteiger partial charge >= 0.3 is 0 Å². The summed E-state index contributed by atoms with van der Waals surface area (Å²) in [7, 11) is 0. The largest absolute Gasteiger partial charge is 0.305 e. The van der Waals surface area contributed by atoms with Crippen molar-refractivity contribution in [2.24, 2.45) is 0 Å². The van der Waals surface area contributed by atoms with Crippen LogP contribution >= 0.6 is 27.5 Å². The van der Waals surface area contributed by atoms with E-state index in [1.807, 2.05) is 25.5 Å². The van der Waals surface area contributed by atoms with Crippen LogP contribution in [0.15, 0.2) is 28.9 Å². The second-order valence-electron chi connectivity index (χ2n) is 5.07. The van der Waals surface area contributed by atoms with Crippen molar-refractivity contribution in [3.8, 4) is 0 Å². The number of hydrogen-bond acceptors (Lipinski definition) is 2. The van der Waals surface area contributed by atoms with E-state index in [0.717, 1.165) is 10.2 Å². The van der Waals surface area contributed by atoms with Gasteiger partial charge in [-0.2, -0.15) is 5.10 Å². The molecule has 114 valence electrons. The quantitative estimate of drug-likeness (QED) is 0.821. The van der Waals surface area contributed by atoms with Crippen LogP contribution in [0.4, 0.5) is 4.39 Å². The van der Waals surface area contributed by atoms with Gasteiger partial charge in [-0.3, -0.25) is 4.68 Å². The summed E-state index contributed by atoms with van der Waals surface area (Å²) in [6.07, 6.45) is 1.74. The van der Waals surface area contributed by atoms with Gasteiger partial charge in [-0.25, -0.2) is 4.39 Å². The van der Waals surface area contributed by atoms with Crippen LogP contribution in [0.1, 0.15) is 44.1 Å². The monoisotopic (exact) mass is 373 g/mol. The lowest BCUT2D eigenvalue weighted by Gasteiger charge is -2.23. The topological polar surface area (TPSA) is 29.9 Å². The van der Waals surface area contributed by atoms with E-state index in [1.165, 1.54) is 6.07 Å². The lowest BCUT2D eigenvalue weighted by Crippen LogP contribution is -2.26. The molecule has 0 radical (unpaired) electrons. The van der Waals surface area contributed by atoms with Crippen molar-refractivity contribution in [2.75, 3.05) is 6.54 Å². The maximum atomic E-state index is 14.3. The smallest absolute Gasteiger partial charge is 0.128 e. The van der Waals surface area contributed by atoms with Crippen LogP contribution in [-0.2, 0) is 0 Å². The van der Waals surface area contributed by atoms with Crippen LogP contribution in [0.25, 0.3) is 0 Å². The molecule has 0 saturated carbocycles. The molecule has 0 aliphatic carbocycles. The molecule has 2 rings (SSSR count). The second-order valence-corrected chi connectivity index (χ2v) is 6.36. The van der Waals surface area contributed by atoms with Gasteiger partial charge in [0, 0.05) is 16.6 Å². The van der Waals surface area contributed by atoms with Crippen molar-refractivity contribution in [2.45, 2.75) is 32.9 Å². The van der Waals surface area contributed by atoms with Gasteiger partial charge in [-0.1, -0.05) is 18.5 Å². The molecule has 21 heavy (non-hydrogen) atoms. The minimum absolute atomic E-state index is 0.176. The van der Waals surface area contributed by atoms with Crippen molar-refractivity contribution in [1.82, 2.24) is 15.1 Å². The number of hydrogen-bond donors (Lipinski definition) is 1. The third kappa shape index (κ3) is 3.47. The molecule has 0 fully saturated rings. The van der Waals surface area contributed by atoms with E-state index < -0.39 is 0 Å². The van der Waals surface area contributed by atoms with Crippen LogP contribution in [0.2, 0.25) is 5.02 Å². The maximum Gasteiger partial charge on any atom is 0.128 e. The Hall–Kier alpha value is -0.910. The molecular weight excluding hydrogens is 357 g/mol. The predicted molar refractivity (Wildman–Crippen MR) is 87.2 cm³/mol.